The van der Waals surface area contributed by atoms with Gasteiger partial charge >= 0.3 is 0 Å². The van der Waals surface area contributed by atoms with Crippen LogP contribution in [0.4, 0.5) is 0 Å². The van der Waals surface area contributed by atoms with Gasteiger partial charge in [0.25, 0.3) is 0 Å². The van der Waals surface area contributed by atoms with Crippen LogP contribution in [0.3, 0.4) is 0 Å². The number of halogens is 1. The zero-order valence-electron chi connectivity index (χ0n) is 10.3. The second kappa shape index (κ2) is 4.90. The molecule has 0 N–H and O–H groups in total. The summed E-state index contributed by atoms with van der Waals surface area (Å²) in [6, 6.07) is 7.55. The van der Waals surface area contributed by atoms with Crippen molar-refractivity contribution in [2.45, 2.75) is 13.3 Å². The summed E-state index contributed by atoms with van der Waals surface area (Å²) in [6.07, 6.45) is 4.16. The highest BCUT2D eigenvalue weighted by molar-refractivity contribution is 6.29. The molecule has 94 valence electrons. The van der Waals surface area contributed by atoms with E-state index in [4.69, 9.17) is 11.6 Å². The van der Waals surface area contributed by atoms with Crippen molar-refractivity contribution in [1.82, 2.24) is 19.9 Å². The van der Waals surface area contributed by atoms with Crippen LogP contribution < -0.4 is 0 Å². The zero-order chi connectivity index (χ0) is 13.2. The number of hydrogen-bond donors (Lipinski definition) is 0. The Kier molecular flexibility index (Phi) is 3.09. The molecule has 0 spiro atoms. The molecule has 0 aliphatic heterocycles. The van der Waals surface area contributed by atoms with E-state index in [-0.39, 0.29) is 0 Å². The molecule has 3 aromatic rings. The molecule has 0 amide bonds. The SMILES string of the molecule is CCc1cc(Cl)nc(-c2ccc3nccnc3c2)n1. The number of hydrogen-bond acceptors (Lipinski definition) is 4. The molecule has 1 aromatic carbocycles. The first kappa shape index (κ1) is 12.0. The number of rotatable bonds is 2. The highest BCUT2D eigenvalue weighted by Gasteiger charge is 2.06. The Hall–Kier alpha value is -2.07. The van der Waals surface area contributed by atoms with Crippen LogP contribution in [0.1, 0.15) is 12.6 Å². The third kappa shape index (κ3) is 2.39. The van der Waals surface area contributed by atoms with Gasteiger partial charge in [-0.2, -0.15) is 0 Å². The van der Waals surface area contributed by atoms with E-state index in [0.717, 1.165) is 28.7 Å². The van der Waals surface area contributed by atoms with Crippen LogP contribution >= 0.6 is 11.6 Å². The molecule has 19 heavy (non-hydrogen) atoms. The first-order chi connectivity index (χ1) is 9.26. The van der Waals surface area contributed by atoms with Crippen molar-refractivity contribution < 1.29 is 0 Å². The summed E-state index contributed by atoms with van der Waals surface area (Å²) in [5.74, 6) is 0.622. The first-order valence-electron chi connectivity index (χ1n) is 6.01. The molecule has 0 fully saturated rings. The Labute approximate surface area is 115 Å². The van der Waals surface area contributed by atoms with Gasteiger partial charge in [-0.25, -0.2) is 9.97 Å². The molecule has 0 aliphatic carbocycles. The fourth-order valence-corrected chi connectivity index (χ4v) is 2.08. The Morgan fingerprint density at radius 2 is 1.79 bits per heavy atom. The number of aromatic nitrogens is 4. The molecule has 0 saturated carbocycles. The normalized spacial score (nSPS) is 10.8. The van der Waals surface area contributed by atoms with Crippen molar-refractivity contribution in [2.24, 2.45) is 0 Å². The van der Waals surface area contributed by atoms with Crippen molar-refractivity contribution in [3.8, 4) is 11.4 Å². The van der Waals surface area contributed by atoms with Gasteiger partial charge in [-0.15, -0.1) is 0 Å². The highest BCUT2D eigenvalue weighted by atomic mass is 35.5. The lowest BCUT2D eigenvalue weighted by Gasteiger charge is -2.04. The molecule has 0 radical (unpaired) electrons. The molecule has 0 bridgehead atoms. The molecule has 4 nitrogen and oxygen atoms in total. The van der Waals surface area contributed by atoms with Gasteiger partial charge in [0.1, 0.15) is 5.15 Å². The maximum Gasteiger partial charge on any atom is 0.161 e. The molecular formula is C14H11ClN4. The molecule has 0 unspecified atom stereocenters. The van der Waals surface area contributed by atoms with E-state index in [1.54, 1.807) is 18.5 Å². The summed E-state index contributed by atoms with van der Waals surface area (Å²) in [7, 11) is 0. The van der Waals surface area contributed by atoms with Crippen LogP contribution in [-0.2, 0) is 6.42 Å². The quantitative estimate of drug-likeness (QED) is 0.671. The third-order valence-corrected chi connectivity index (χ3v) is 3.03. The standard InChI is InChI=1S/C14H11ClN4/c1-2-10-8-13(15)19-14(18-10)9-3-4-11-12(7-9)17-6-5-16-11/h3-8H,2H2,1H3. The molecule has 0 aliphatic rings. The zero-order valence-corrected chi connectivity index (χ0v) is 11.1. The van der Waals surface area contributed by atoms with Crippen molar-refractivity contribution in [2.75, 3.05) is 0 Å². The Morgan fingerprint density at radius 1 is 1.00 bits per heavy atom. The van der Waals surface area contributed by atoms with Gasteiger partial charge in [0, 0.05) is 23.7 Å². The molecule has 3 rings (SSSR count). The molecule has 0 atom stereocenters. The summed E-state index contributed by atoms with van der Waals surface area (Å²) < 4.78 is 0. The van der Waals surface area contributed by atoms with Crippen LogP contribution in [0.15, 0.2) is 36.7 Å². The van der Waals surface area contributed by atoms with Gasteiger partial charge in [0.05, 0.1) is 11.0 Å². The van der Waals surface area contributed by atoms with Crippen LogP contribution in [0.5, 0.6) is 0 Å². The lowest BCUT2D eigenvalue weighted by atomic mass is 10.1. The van der Waals surface area contributed by atoms with E-state index in [1.807, 2.05) is 25.1 Å². The summed E-state index contributed by atoms with van der Waals surface area (Å²) in [6.45, 7) is 2.04. The molecule has 2 heterocycles. The largest absolute Gasteiger partial charge is 0.253 e. The summed E-state index contributed by atoms with van der Waals surface area (Å²) in [4.78, 5) is 17.3. The summed E-state index contributed by atoms with van der Waals surface area (Å²) in [5, 5.41) is 0.459. The average molecular weight is 271 g/mol. The smallest absolute Gasteiger partial charge is 0.161 e. The van der Waals surface area contributed by atoms with Gasteiger partial charge in [0.15, 0.2) is 5.82 Å². The number of benzene rings is 1. The second-order valence-corrected chi connectivity index (χ2v) is 4.51. The predicted molar refractivity (Wildman–Crippen MR) is 75.0 cm³/mol. The minimum absolute atomic E-state index is 0.459. The summed E-state index contributed by atoms with van der Waals surface area (Å²) in [5.41, 5.74) is 3.49. The van der Waals surface area contributed by atoms with Gasteiger partial charge in [-0.05, 0) is 30.7 Å². The minimum atomic E-state index is 0.459. The minimum Gasteiger partial charge on any atom is -0.253 e. The molecule has 5 heteroatoms. The van der Waals surface area contributed by atoms with Crippen LogP contribution in [0, 0.1) is 0 Å². The fraction of sp³-hybridized carbons (Fsp3) is 0.143. The molecular weight excluding hydrogens is 260 g/mol. The van der Waals surface area contributed by atoms with Crippen molar-refractivity contribution in [3.63, 3.8) is 0 Å². The second-order valence-electron chi connectivity index (χ2n) is 4.12. The van der Waals surface area contributed by atoms with E-state index in [9.17, 15) is 0 Å². The van der Waals surface area contributed by atoms with E-state index < -0.39 is 0 Å². The average Bonchev–Trinajstić information content (AvgIpc) is 2.46. The Bertz CT molecular complexity index is 742. The maximum absolute atomic E-state index is 6.02. The molecule has 0 saturated heterocycles. The van der Waals surface area contributed by atoms with Gasteiger partial charge in [0.2, 0.25) is 0 Å². The first-order valence-corrected chi connectivity index (χ1v) is 6.38. The maximum atomic E-state index is 6.02. The highest BCUT2D eigenvalue weighted by Crippen LogP contribution is 2.21. The topological polar surface area (TPSA) is 51.6 Å². The Balaban J connectivity index is 2.15. The number of nitrogens with zero attached hydrogens (tertiary/aromatic N) is 4. The fourth-order valence-electron chi connectivity index (χ4n) is 1.88. The summed E-state index contributed by atoms with van der Waals surface area (Å²) >= 11 is 6.02. The van der Waals surface area contributed by atoms with Crippen molar-refractivity contribution in [3.05, 3.63) is 47.5 Å². The molecule has 2 aromatic heterocycles. The van der Waals surface area contributed by atoms with E-state index >= 15 is 0 Å². The predicted octanol–water partition coefficient (Wildman–Crippen LogP) is 3.30. The monoisotopic (exact) mass is 270 g/mol. The lowest BCUT2D eigenvalue weighted by Crippen LogP contribution is -1.95. The van der Waals surface area contributed by atoms with Crippen LogP contribution in [0.2, 0.25) is 5.15 Å². The van der Waals surface area contributed by atoms with Crippen molar-refractivity contribution >= 4 is 22.6 Å². The van der Waals surface area contributed by atoms with Gasteiger partial charge in [-0.3, -0.25) is 9.97 Å². The number of fused-ring (bicyclic) bond motifs is 1. The van der Waals surface area contributed by atoms with Gasteiger partial charge in [-0.1, -0.05) is 18.5 Å². The number of aryl methyl sites for hydroxylation is 1. The van der Waals surface area contributed by atoms with E-state index in [0.29, 0.717) is 11.0 Å². The van der Waals surface area contributed by atoms with Crippen LogP contribution in [-0.4, -0.2) is 19.9 Å². The van der Waals surface area contributed by atoms with Crippen molar-refractivity contribution in [1.29, 1.82) is 0 Å². The van der Waals surface area contributed by atoms with E-state index in [2.05, 4.69) is 19.9 Å². The van der Waals surface area contributed by atoms with E-state index in [1.165, 1.54) is 0 Å². The van der Waals surface area contributed by atoms with Crippen LogP contribution in [0.25, 0.3) is 22.4 Å². The van der Waals surface area contributed by atoms with Gasteiger partial charge < -0.3 is 0 Å². The lowest BCUT2D eigenvalue weighted by molar-refractivity contribution is 1.01. The third-order valence-electron chi connectivity index (χ3n) is 2.84. The Morgan fingerprint density at radius 3 is 2.58 bits per heavy atom.